The number of aromatic nitrogens is 2. The lowest BCUT2D eigenvalue weighted by molar-refractivity contribution is -0.114. The van der Waals surface area contributed by atoms with E-state index in [2.05, 4.69) is 38.6 Å². The molecule has 8 nitrogen and oxygen atoms in total. The molecule has 1 aromatic heterocycles. The SMILES string of the molecule is CN([C@H]1CC[C@H](O)CC1)[C@@H]1[C@@H]2CC3C[C@H]1C[C@](CNc1nc(NCc4ccccc4O)ncc1C#N)(C3)C2. The molecule has 5 fully saturated rings. The molecule has 4 N–H and O–H groups in total. The van der Waals surface area contributed by atoms with Gasteiger partial charge in [-0.3, -0.25) is 4.90 Å². The lowest BCUT2D eigenvalue weighted by Crippen LogP contribution is -2.61. The highest BCUT2D eigenvalue weighted by molar-refractivity contribution is 5.53. The van der Waals surface area contributed by atoms with Gasteiger partial charge in [0.1, 0.15) is 23.2 Å². The van der Waals surface area contributed by atoms with E-state index in [0.717, 1.165) is 55.5 Å². The summed E-state index contributed by atoms with van der Waals surface area (Å²) in [6.45, 7) is 1.25. The fraction of sp³-hybridized carbons (Fsp3) is 0.633. The predicted octanol–water partition coefficient (Wildman–Crippen LogP) is 4.51. The lowest BCUT2D eigenvalue weighted by atomic mass is 9.47. The Balaban J connectivity index is 1.12. The van der Waals surface area contributed by atoms with Gasteiger partial charge in [-0.05, 0) is 94.1 Å². The fourth-order valence-corrected chi connectivity index (χ4v) is 8.55. The molecule has 0 amide bonds. The van der Waals surface area contributed by atoms with Crippen molar-refractivity contribution in [3.05, 3.63) is 41.6 Å². The monoisotopic (exact) mass is 516 g/mol. The van der Waals surface area contributed by atoms with Gasteiger partial charge in [0.15, 0.2) is 0 Å². The van der Waals surface area contributed by atoms with Crippen LogP contribution in [0.5, 0.6) is 5.75 Å². The van der Waals surface area contributed by atoms with E-state index >= 15 is 0 Å². The summed E-state index contributed by atoms with van der Waals surface area (Å²) in [6, 6.07) is 10.7. The number of nitriles is 1. The number of phenolic OH excluding ortho intramolecular Hbond substituents is 1. The van der Waals surface area contributed by atoms with Crippen LogP contribution in [0.25, 0.3) is 0 Å². The van der Waals surface area contributed by atoms with Crippen molar-refractivity contribution in [1.29, 1.82) is 5.26 Å². The first-order chi connectivity index (χ1) is 18.4. The van der Waals surface area contributed by atoms with Crippen LogP contribution in [0.3, 0.4) is 0 Å². The number of rotatable bonds is 8. The highest BCUT2D eigenvalue weighted by Crippen LogP contribution is 2.61. The summed E-state index contributed by atoms with van der Waals surface area (Å²) >= 11 is 0. The standard InChI is InChI=1S/C30H40N6O2/c1-36(24-6-8-25(37)9-7-24)27-21-10-19-11-22(27)14-30(12-19,13-21)18-34-28-23(15-31)17-33-29(35-28)32-16-20-4-2-3-5-26(20)38/h2-5,17,19,21-22,24-25,27,37-38H,6-14,16,18H2,1H3,(H2,32,33,34,35)/t19?,21-,22+,24-,25-,27-,30+. The second-order valence-corrected chi connectivity index (χ2v) is 12.5. The molecule has 7 rings (SSSR count). The smallest absolute Gasteiger partial charge is 0.224 e. The van der Waals surface area contributed by atoms with E-state index in [1.165, 1.54) is 32.1 Å². The second kappa shape index (κ2) is 10.3. The summed E-state index contributed by atoms with van der Waals surface area (Å²) in [7, 11) is 2.35. The third-order valence-electron chi connectivity index (χ3n) is 10.0. The Morgan fingerprint density at radius 3 is 2.53 bits per heavy atom. The minimum absolute atomic E-state index is 0.103. The molecule has 5 saturated carbocycles. The van der Waals surface area contributed by atoms with Gasteiger partial charge in [0.25, 0.3) is 0 Å². The van der Waals surface area contributed by atoms with Crippen LogP contribution in [0, 0.1) is 34.5 Å². The van der Waals surface area contributed by atoms with Crippen molar-refractivity contribution in [2.75, 3.05) is 24.2 Å². The molecule has 5 aliphatic rings. The topological polar surface area (TPSA) is 117 Å². The number of aliphatic hydroxyl groups is 1. The Labute approximate surface area is 225 Å². The third kappa shape index (κ3) is 4.94. The molecule has 0 saturated heterocycles. The minimum Gasteiger partial charge on any atom is -0.508 e. The van der Waals surface area contributed by atoms with Crippen molar-refractivity contribution >= 4 is 11.8 Å². The quantitative estimate of drug-likeness (QED) is 0.405. The van der Waals surface area contributed by atoms with Gasteiger partial charge in [-0.25, -0.2) is 4.98 Å². The van der Waals surface area contributed by atoms with Crippen molar-refractivity contribution in [2.45, 2.75) is 82.5 Å². The minimum atomic E-state index is -0.103. The van der Waals surface area contributed by atoms with Crippen LogP contribution in [-0.2, 0) is 6.54 Å². The van der Waals surface area contributed by atoms with Crippen LogP contribution < -0.4 is 10.6 Å². The molecule has 1 heterocycles. The first kappa shape index (κ1) is 25.4. The van der Waals surface area contributed by atoms with Gasteiger partial charge in [-0.15, -0.1) is 0 Å². The maximum Gasteiger partial charge on any atom is 0.224 e. The average Bonchev–Trinajstić information content (AvgIpc) is 2.91. The van der Waals surface area contributed by atoms with E-state index in [1.807, 2.05) is 12.1 Å². The Morgan fingerprint density at radius 1 is 1.08 bits per heavy atom. The van der Waals surface area contributed by atoms with E-state index in [4.69, 9.17) is 0 Å². The van der Waals surface area contributed by atoms with E-state index in [9.17, 15) is 15.5 Å². The second-order valence-electron chi connectivity index (χ2n) is 12.5. The first-order valence-corrected chi connectivity index (χ1v) is 14.3. The zero-order valence-electron chi connectivity index (χ0n) is 22.3. The van der Waals surface area contributed by atoms with E-state index in [1.54, 1.807) is 18.3 Å². The van der Waals surface area contributed by atoms with Crippen LogP contribution in [-0.4, -0.2) is 56.9 Å². The Hall–Kier alpha value is -2.89. The van der Waals surface area contributed by atoms with Gasteiger partial charge in [-0.2, -0.15) is 10.2 Å². The highest BCUT2D eigenvalue weighted by Gasteiger charge is 2.56. The predicted molar refractivity (Wildman–Crippen MR) is 146 cm³/mol. The van der Waals surface area contributed by atoms with Crippen LogP contribution in [0.1, 0.15) is 68.9 Å². The Kier molecular flexibility index (Phi) is 6.92. The van der Waals surface area contributed by atoms with Crippen LogP contribution in [0.4, 0.5) is 11.8 Å². The molecule has 0 aliphatic heterocycles. The molecule has 0 spiro atoms. The van der Waals surface area contributed by atoms with Gasteiger partial charge in [0, 0.05) is 30.7 Å². The number of anilines is 2. The number of phenols is 1. The molecule has 5 atom stereocenters. The zero-order chi connectivity index (χ0) is 26.3. The molecule has 5 aliphatic carbocycles. The summed E-state index contributed by atoms with van der Waals surface area (Å²) in [5.74, 6) is 3.54. The van der Waals surface area contributed by atoms with E-state index in [-0.39, 0.29) is 17.3 Å². The molecule has 1 aromatic carbocycles. The summed E-state index contributed by atoms with van der Waals surface area (Å²) in [5, 5.41) is 36.5. The van der Waals surface area contributed by atoms with Gasteiger partial charge in [0.05, 0.1) is 12.3 Å². The van der Waals surface area contributed by atoms with E-state index in [0.29, 0.717) is 36.0 Å². The van der Waals surface area contributed by atoms with E-state index < -0.39 is 0 Å². The molecule has 0 radical (unpaired) electrons. The third-order valence-corrected chi connectivity index (χ3v) is 10.0. The number of hydrogen-bond donors (Lipinski definition) is 4. The van der Waals surface area contributed by atoms with Crippen LogP contribution in [0.2, 0.25) is 0 Å². The average molecular weight is 517 g/mol. The van der Waals surface area contributed by atoms with Crippen molar-refractivity contribution in [2.24, 2.45) is 23.2 Å². The molecule has 202 valence electrons. The summed E-state index contributed by atoms with van der Waals surface area (Å²) in [4.78, 5) is 11.7. The molecule has 2 aromatic rings. The van der Waals surface area contributed by atoms with Gasteiger partial charge >= 0.3 is 0 Å². The van der Waals surface area contributed by atoms with Crippen LogP contribution >= 0.6 is 0 Å². The van der Waals surface area contributed by atoms with Crippen molar-refractivity contribution in [3.63, 3.8) is 0 Å². The first-order valence-electron chi connectivity index (χ1n) is 14.3. The van der Waals surface area contributed by atoms with Gasteiger partial charge in [-0.1, -0.05) is 18.2 Å². The number of aromatic hydroxyl groups is 1. The normalized spacial score (nSPS) is 33.7. The lowest BCUT2D eigenvalue weighted by Gasteiger charge is -2.62. The highest BCUT2D eigenvalue weighted by atomic mass is 16.3. The molecular formula is C30H40N6O2. The molecule has 4 bridgehead atoms. The number of nitrogens with one attached hydrogen (secondary N) is 2. The molecular weight excluding hydrogens is 476 g/mol. The van der Waals surface area contributed by atoms with Gasteiger partial charge in [0.2, 0.25) is 5.95 Å². The number of nitrogens with zero attached hydrogens (tertiary/aromatic N) is 4. The van der Waals surface area contributed by atoms with Gasteiger partial charge < -0.3 is 20.8 Å². The largest absolute Gasteiger partial charge is 0.508 e. The Bertz CT molecular complexity index is 1170. The molecule has 8 heteroatoms. The molecule has 1 unspecified atom stereocenters. The molecule has 38 heavy (non-hydrogen) atoms. The summed E-state index contributed by atoms with van der Waals surface area (Å²) in [5.41, 5.74) is 1.49. The zero-order valence-corrected chi connectivity index (χ0v) is 22.3. The summed E-state index contributed by atoms with van der Waals surface area (Å²) < 4.78 is 0. The van der Waals surface area contributed by atoms with Crippen molar-refractivity contribution in [3.8, 4) is 11.8 Å². The maximum atomic E-state index is 10.0. The fourth-order valence-electron chi connectivity index (χ4n) is 8.55. The maximum absolute atomic E-state index is 10.0. The number of para-hydroxylation sites is 1. The summed E-state index contributed by atoms with van der Waals surface area (Å²) in [6.07, 6.45) is 12.0. The number of benzene rings is 1. The Morgan fingerprint density at radius 2 is 1.82 bits per heavy atom. The number of hydrogen-bond acceptors (Lipinski definition) is 8. The van der Waals surface area contributed by atoms with Crippen molar-refractivity contribution in [1.82, 2.24) is 14.9 Å². The van der Waals surface area contributed by atoms with Crippen LogP contribution in [0.15, 0.2) is 30.5 Å². The van der Waals surface area contributed by atoms with Crippen molar-refractivity contribution < 1.29 is 10.2 Å². The number of aliphatic hydroxyl groups excluding tert-OH is 1.